The number of rotatable bonds is 4. The van der Waals surface area contributed by atoms with Gasteiger partial charge in [0, 0.05) is 24.5 Å². The zero-order valence-corrected chi connectivity index (χ0v) is 15.7. The van der Waals surface area contributed by atoms with Crippen LogP contribution in [0.2, 0.25) is 0 Å². The van der Waals surface area contributed by atoms with Crippen molar-refractivity contribution in [2.45, 2.75) is 38.8 Å². The summed E-state index contributed by atoms with van der Waals surface area (Å²) in [5, 5.41) is 1.99. The summed E-state index contributed by atoms with van der Waals surface area (Å²) in [6, 6.07) is 8.11. The first kappa shape index (κ1) is 17.2. The lowest BCUT2D eigenvalue weighted by molar-refractivity contribution is -0.140. The molecule has 3 aliphatic rings. The van der Waals surface area contributed by atoms with Crippen molar-refractivity contribution in [3.05, 3.63) is 52.0 Å². The van der Waals surface area contributed by atoms with E-state index in [2.05, 4.69) is 4.98 Å². The number of piperidine rings is 1. The summed E-state index contributed by atoms with van der Waals surface area (Å²) in [5.74, 6) is 0.230. The molecule has 5 nitrogen and oxygen atoms in total. The van der Waals surface area contributed by atoms with Gasteiger partial charge in [0.2, 0.25) is 11.8 Å². The lowest BCUT2D eigenvalue weighted by Crippen LogP contribution is -2.47. The summed E-state index contributed by atoms with van der Waals surface area (Å²) < 4.78 is 0. The molecule has 26 heavy (non-hydrogen) atoms. The van der Waals surface area contributed by atoms with Gasteiger partial charge in [-0.3, -0.25) is 9.59 Å². The van der Waals surface area contributed by atoms with Gasteiger partial charge in [-0.2, -0.15) is 0 Å². The van der Waals surface area contributed by atoms with E-state index in [1.165, 1.54) is 0 Å². The first-order chi connectivity index (χ1) is 12.6. The van der Waals surface area contributed by atoms with Crippen molar-refractivity contribution in [1.29, 1.82) is 0 Å². The number of hydrogen-bond acceptors (Lipinski definition) is 4. The number of thiazole rings is 1. The topological polar surface area (TPSA) is 53.5 Å². The van der Waals surface area contributed by atoms with E-state index in [4.69, 9.17) is 0 Å². The minimum absolute atomic E-state index is 0.0757. The Morgan fingerprint density at radius 3 is 2.88 bits per heavy atom. The number of hydrogen-bond donors (Lipinski definition) is 0. The van der Waals surface area contributed by atoms with Crippen molar-refractivity contribution in [1.82, 2.24) is 14.8 Å². The summed E-state index contributed by atoms with van der Waals surface area (Å²) in [6.45, 7) is 3.78. The van der Waals surface area contributed by atoms with Gasteiger partial charge in [-0.1, -0.05) is 24.3 Å². The summed E-state index contributed by atoms with van der Waals surface area (Å²) in [4.78, 5) is 34.0. The van der Waals surface area contributed by atoms with Crippen LogP contribution in [-0.4, -0.2) is 45.7 Å². The highest BCUT2D eigenvalue weighted by molar-refractivity contribution is 7.07. The molecule has 0 N–H and O–H groups in total. The molecular formula is C20H23N3O2S. The summed E-state index contributed by atoms with van der Waals surface area (Å²) in [7, 11) is 0. The third-order valence-electron chi connectivity index (χ3n) is 5.56. The Balaban J connectivity index is 1.49. The van der Waals surface area contributed by atoms with Crippen LogP contribution in [0, 0.1) is 12.8 Å². The Morgan fingerprint density at radius 2 is 2.12 bits per heavy atom. The second-order valence-corrected chi connectivity index (χ2v) is 7.99. The molecule has 136 valence electrons. The maximum absolute atomic E-state index is 12.9. The molecule has 1 aromatic carbocycles. The zero-order valence-electron chi connectivity index (χ0n) is 14.9. The van der Waals surface area contributed by atoms with Crippen molar-refractivity contribution in [2.24, 2.45) is 5.92 Å². The van der Waals surface area contributed by atoms with E-state index >= 15 is 0 Å². The first-order valence-corrected chi connectivity index (χ1v) is 10.1. The van der Waals surface area contributed by atoms with Crippen LogP contribution in [0.1, 0.15) is 29.7 Å². The molecule has 3 saturated heterocycles. The van der Waals surface area contributed by atoms with Gasteiger partial charge in [0.15, 0.2) is 0 Å². The Kier molecular flexibility index (Phi) is 4.76. The molecule has 0 saturated carbocycles. The normalized spacial score (nSPS) is 22.6. The standard InChI is InChI=1S/C20H23N3O2S/c1-14-4-2-3-5-15(14)8-19(24)22-9-16-6-7-18(11-22)23(20(16)25)10-17-12-26-13-21-17/h2-5,12-13,16,18H,6-11H2,1H3. The molecule has 0 aliphatic carbocycles. The monoisotopic (exact) mass is 369 g/mol. The number of nitrogens with zero attached hydrogens (tertiary/aromatic N) is 3. The smallest absolute Gasteiger partial charge is 0.228 e. The van der Waals surface area contributed by atoms with Gasteiger partial charge in [0.25, 0.3) is 0 Å². The molecule has 3 aliphatic heterocycles. The predicted octanol–water partition coefficient (Wildman–Crippen LogP) is 2.64. The molecule has 2 atom stereocenters. The lowest BCUT2D eigenvalue weighted by Gasteiger charge is -2.35. The van der Waals surface area contributed by atoms with Crippen LogP contribution < -0.4 is 0 Å². The largest absolute Gasteiger partial charge is 0.340 e. The molecule has 1 aromatic heterocycles. The van der Waals surface area contributed by atoms with E-state index < -0.39 is 0 Å². The average Bonchev–Trinajstić information content (AvgIpc) is 2.99. The fourth-order valence-corrected chi connectivity index (χ4v) is 4.58. The molecule has 2 unspecified atom stereocenters. The van der Waals surface area contributed by atoms with Crippen molar-refractivity contribution >= 4 is 23.2 Å². The van der Waals surface area contributed by atoms with E-state index in [0.29, 0.717) is 26.1 Å². The molecule has 4 heterocycles. The van der Waals surface area contributed by atoms with Crippen LogP contribution >= 0.6 is 11.3 Å². The third-order valence-corrected chi connectivity index (χ3v) is 6.20. The van der Waals surface area contributed by atoms with Crippen LogP contribution in [0.25, 0.3) is 0 Å². The average molecular weight is 369 g/mol. The van der Waals surface area contributed by atoms with E-state index in [9.17, 15) is 9.59 Å². The van der Waals surface area contributed by atoms with E-state index in [0.717, 1.165) is 29.7 Å². The molecule has 0 spiro atoms. The van der Waals surface area contributed by atoms with Gasteiger partial charge in [0.05, 0.1) is 30.1 Å². The predicted molar refractivity (Wildman–Crippen MR) is 101 cm³/mol. The summed E-state index contributed by atoms with van der Waals surface area (Å²) >= 11 is 1.55. The van der Waals surface area contributed by atoms with Crippen molar-refractivity contribution in [3.8, 4) is 0 Å². The molecule has 2 amide bonds. The van der Waals surface area contributed by atoms with Gasteiger partial charge in [0.1, 0.15) is 0 Å². The van der Waals surface area contributed by atoms with Crippen molar-refractivity contribution in [3.63, 3.8) is 0 Å². The number of carbonyl (C=O) groups is 2. The van der Waals surface area contributed by atoms with Crippen molar-refractivity contribution < 1.29 is 9.59 Å². The number of benzene rings is 1. The van der Waals surface area contributed by atoms with Gasteiger partial charge < -0.3 is 9.80 Å². The number of fused-ring (bicyclic) bond motifs is 4. The summed E-state index contributed by atoms with van der Waals surface area (Å²) in [6.07, 6.45) is 2.26. The first-order valence-electron chi connectivity index (χ1n) is 9.11. The highest BCUT2D eigenvalue weighted by atomic mass is 32.1. The highest BCUT2D eigenvalue weighted by Crippen LogP contribution is 2.30. The molecule has 3 fully saturated rings. The molecule has 5 rings (SSSR count). The molecule has 6 heteroatoms. The molecule has 0 radical (unpaired) electrons. The Morgan fingerprint density at radius 1 is 1.27 bits per heavy atom. The highest BCUT2D eigenvalue weighted by Gasteiger charge is 2.41. The zero-order chi connectivity index (χ0) is 18.1. The quantitative estimate of drug-likeness (QED) is 0.833. The van der Waals surface area contributed by atoms with Crippen LogP contribution in [0.4, 0.5) is 0 Å². The second-order valence-electron chi connectivity index (χ2n) is 7.28. The van der Waals surface area contributed by atoms with Crippen LogP contribution in [0.5, 0.6) is 0 Å². The summed E-state index contributed by atoms with van der Waals surface area (Å²) in [5.41, 5.74) is 4.95. The number of aromatic nitrogens is 1. The van der Waals surface area contributed by atoms with Gasteiger partial charge >= 0.3 is 0 Å². The fraction of sp³-hybridized carbons (Fsp3) is 0.450. The number of amides is 2. The van der Waals surface area contributed by atoms with Crippen LogP contribution in [0.3, 0.4) is 0 Å². The SMILES string of the molecule is Cc1ccccc1CC(=O)N1CC2CCC(C1)N(Cc1cscn1)C2=O. The molecular weight excluding hydrogens is 346 g/mol. The Bertz CT molecular complexity index is 805. The van der Waals surface area contributed by atoms with Gasteiger partial charge in [-0.05, 0) is 30.9 Å². The van der Waals surface area contributed by atoms with Crippen molar-refractivity contribution in [2.75, 3.05) is 13.1 Å². The Hall–Kier alpha value is -2.21. The molecule has 2 aromatic rings. The van der Waals surface area contributed by atoms with E-state index in [1.807, 2.05) is 46.4 Å². The van der Waals surface area contributed by atoms with E-state index in [-0.39, 0.29) is 23.8 Å². The maximum atomic E-state index is 12.9. The fourth-order valence-electron chi connectivity index (χ4n) is 4.03. The van der Waals surface area contributed by atoms with Gasteiger partial charge in [-0.15, -0.1) is 11.3 Å². The lowest BCUT2D eigenvalue weighted by atomic mass is 9.94. The number of aryl methyl sites for hydroxylation is 1. The third kappa shape index (κ3) is 3.38. The van der Waals surface area contributed by atoms with Gasteiger partial charge in [-0.25, -0.2) is 4.98 Å². The minimum atomic E-state index is -0.0757. The second kappa shape index (κ2) is 7.19. The molecule has 2 bridgehead atoms. The van der Waals surface area contributed by atoms with E-state index in [1.54, 1.807) is 16.8 Å². The van der Waals surface area contributed by atoms with Crippen LogP contribution in [0.15, 0.2) is 35.2 Å². The number of carbonyl (C=O) groups excluding carboxylic acids is 2. The maximum Gasteiger partial charge on any atom is 0.228 e. The Labute approximate surface area is 157 Å². The minimum Gasteiger partial charge on any atom is -0.340 e. The van der Waals surface area contributed by atoms with Crippen LogP contribution in [-0.2, 0) is 22.6 Å².